The second-order valence-electron chi connectivity index (χ2n) is 4.19. The van der Waals surface area contributed by atoms with Gasteiger partial charge in [-0.05, 0) is 48.2 Å². The summed E-state index contributed by atoms with van der Waals surface area (Å²) in [5, 5.41) is 0.787. The third-order valence-corrected chi connectivity index (χ3v) is 3.13. The predicted octanol–water partition coefficient (Wildman–Crippen LogP) is 3.29. The van der Waals surface area contributed by atoms with E-state index in [0.29, 0.717) is 0 Å². The van der Waals surface area contributed by atoms with Crippen LogP contribution in [-0.2, 0) is 6.42 Å². The number of benzene rings is 1. The lowest BCUT2D eigenvalue weighted by molar-refractivity contribution is 0.720. The van der Waals surface area contributed by atoms with Crippen LogP contribution < -0.4 is 5.73 Å². The average Bonchev–Trinajstić information content (AvgIpc) is 2.34. The Morgan fingerprint density at radius 1 is 1.24 bits per heavy atom. The van der Waals surface area contributed by atoms with Crippen LogP contribution in [0.15, 0.2) is 42.7 Å². The molecule has 1 aromatic carbocycles. The van der Waals surface area contributed by atoms with Crippen LogP contribution in [0.25, 0.3) is 0 Å². The molecular weight excluding hydrogens is 232 g/mol. The van der Waals surface area contributed by atoms with Crippen LogP contribution >= 0.6 is 11.6 Å². The molecular formula is C14H15ClN2. The van der Waals surface area contributed by atoms with Gasteiger partial charge in [0.2, 0.25) is 0 Å². The van der Waals surface area contributed by atoms with Crippen LogP contribution in [-0.4, -0.2) is 4.98 Å². The van der Waals surface area contributed by atoms with Gasteiger partial charge in [-0.25, -0.2) is 0 Å². The molecule has 1 heterocycles. The maximum absolute atomic E-state index is 6.19. The summed E-state index contributed by atoms with van der Waals surface area (Å²) >= 11 is 6.19. The zero-order valence-corrected chi connectivity index (χ0v) is 10.5. The lowest BCUT2D eigenvalue weighted by Gasteiger charge is -2.13. The molecule has 3 heteroatoms. The van der Waals surface area contributed by atoms with Crippen molar-refractivity contribution in [3.05, 3.63) is 64.4 Å². The molecule has 1 aromatic heterocycles. The number of nitrogens with zero attached hydrogens (tertiary/aromatic N) is 1. The van der Waals surface area contributed by atoms with Crippen LogP contribution in [0.5, 0.6) is 0 Å². The van der Waals surface area contributed by atoms with E-state index in [1.807, 2.05) is 31.2 Å². The molecule has 17 heavy (non-hydrogen) atoms. The number of nitrogens with two attached hydrogens (primary N) is 1. The fraction of sp³-hybridized carbons (Fsp3) is 0.214. The molecule has 0 aliphatic carbocycles. The van der Waals surface area contributed by atoms with Crippen molar-refractivity contribution in [2.75, 3.05) is 0 Å². The van der Waals surface area contributed by atoms with Gasteiger partial charge in [0.15, 0.2) is 0 Å². The first kappa shape index (κ1) is 12.1. The minimum atomic E-state index is -0.0433. The molecule has 0 saturated carbocycles. The number of halogens is 1. The van der Waals surface area contributed by atoms with Gasteiger partial charge in [0.25, 0.3) is 0 Å². The SMILES string of the molecule is Cc1ccc(CC(N)c2ccncc2)c(Cl)c1. The molecule has 1 unspecified atom stereocenters. The largest absolute Gasteiger partial charge is 0.324 e. The first-order valence-corrected chi connectivity index (χ1v) is 5.95. The van der Waals surface area contributed by atoms with Crippen LogP contribution in [0.2, 0.25) is 5.02 Å². The Balaban J connectivity index is 2.16. The molecule has 0 bridgehead atoms. The van der Waals surface area contributed by atoms with Crippen LogP contribution in [0, 0.1) is 6.92 Å². The first-order valence-electron chi connectivity index (χ1n) is 5.57. The van der Waals surface area contributed by atoms with Gasteiger partial charge >= 0.3 is 0 Å². The number of aryl methyl sites for hydroxylation is 1. The summed E-state index contributed by atoms with van der Waals surface area (Å²) in [5.41, 5.74) is 9.48. The van der Waals surface area contributed by atoms with Crippen molar-refractivity contribution >= 4 is 11.6 Å². The Morgan fingerprint density at radius 3 is 2.59 bits per heavy atom. The van der Waals surface area contributed by atoms with E-state index in [1.165, 1.54) is 0 Å². The summed E-state index contributed by atoms with van der Waals surface area (Å²) in [6, 6.07) is 9.90. The molecule has 0 aliphatic heterocycles. The average molecular weight is 247 g/mol. The summed E-state index contributed by atoms with van der Waals surface area (Å²) in [5.74, 6) is 0. The van der Waals surface area contributed by atoms with E-state index in [1.54, 1.807) is 12.4 Å². The Morgan fingerprint density at radius 2 is 1.94 bits per heavy atom. The highest BCUT2D eigenvalue weighted by atomic mass is 35.5. The van der Waals surface area contributed by atoms with Gasteiger partial charge in [-0.1, -0.05) is 23.7 Å². The summed E-state index contributed by atoms with van der Waals surface area (Å²) < 4.78 is 0. The first-order chi connectivity index (χ1) is 8.16. The van der Waals surface area contributed by atoms with Crippen molar-refractivity contribution in [3.63, 3.8) is 0 Å². The predicted molar refractivity (Wildman–Crippen MR) is 71.1 cm³/mol. The second-order valence-corrected chi connectivity index (χ2v) is 4.59. The molecule has 0 fully saturated rings. The van der Waals surface area contributed by atoms with Crippen molar-refractivity contribution in [2.45, 2.75) is 19.4 Å². The van der Waals surface area contributed by atoms with E-state index in [0.717, 1.165) is 28.1 Å². The molecule has 0 amide bonds. The van der Waals surface area contributed by atoms with Crippen molar-refractivity contribution in [3.8, 4) is 0 Å². The van der Waals surface area contributed by atoms with Crippen LogP contribution in [0.3, 0.4) is 0 Å². The molecule has 88 valence electrons. The molecule has 0 spiro atoms. The third kappa shape index (κ3) is 3.05. The number of pyridine rings is 1. The lowest BCUT2D eigenvalue weighted by atomic mass is 10.00. The van der Waals surface area contributed by atoms with E-state index < -0.39 is 0 Å². The Hall–Kier alpha value is -1.38. The molecule has 0 saturated heterocycles. The molecule has 1 atom stereocenters. The zero-order chi connectivity index (χ0) is 12.3. The molecule has 2 nitrogen and oxygen atoms in total. The van der Waals surface area contributed by atoms with Gasteiger partial charge in [-0.15, -0.1) is 0 Å². The summed E-state index contributed by atoms with van der Waals surface area (Å²) in [6.45, 7) is 2.03. The summed E-state index contributed by atoms with van der Waals surface area (Å²) in [7, 11) is 0. The van der Waals surface area contributed by atoms with Crippen LogP contribution in [0.1, 0.15) is 22.7 Å². The fourth-order valence-corrected chi connectivity index (χ4v) is 2.10. The number of aromatic nitrogens is 1. The normalized spacial score (nSPS) is 12.4. The van der Waals surface area contributed by atoms with Gasteiger partial charge in [-0.2, -0.15) is 0 Å². The minimum Gasteiger partial charge on any atom is -0.324 e. The van der Waals surface area contributed by atoms with E-state index in [9.17, 15) is 0 Å². The zero-order valence-electron chi connectivity index (χ0n) is 9.73. The Kier molecular flexibility index (Phi) is 3.77. The van der Waals surface area contributed by atoms with Crippen molar-refractivity contribution in [2.24, 2.45) is 5.73 Å². The summed E-state index contributed by atoms with van der Waals surface area (Å²) in [4.78, 5) is 3.98. The standard InChI is InChI=1S/C14H15ClN2/c1-10-2-3-12(13(15)8-10)9-14(16)11-4-6-17-7-5-11/h2-8,14H,9,16H2,1H3. The van der Waals surface area contributed by atoms with E-state index in [-0.39, 0.29) is 6.04 Å². The van der Waals surface area contributed by atoms with Crippen molar-refractivity contribution in [1.29, 1.82) is 0 Å². The molecule has 2 N–H and O–H groups in total. The molecule has 2 rings (SSSR count). The number of rotatable bonds is 3. The van der Waals surface area contributed by atoms with Gasteiger partial charge in [0.1, 0.15) is 0 Å². The highest BCUT2D eigenvalue weighted by molar-refractivity contribution is 6.31. The smallest absolute Gasteiger partial charge is 0.0441 e. The number of hydrogen-bond acceptors (Lipinski definition) is 2. The lowest BCUT2D eigenvalue weighted by Crippen LogP contribution is -2.13. The van der Waals surface area contributed by atoms with E-state index >= 15 is 0 Å². The monoisotopic (exact) mass is 246 g/mol. The van der Waals surface area contributed by atoms with E-state index in [4.69, 9.17) is 17.3 Å². The highest BCUT2D eigenvalue weighted by Gasteiger charge is 2.09. The van der Waals surface area contributed by atoms with Crippen LogP contribution in [0.4, 0.5) is 0 Å². The van der Waals surface area contributed by atoms with E-state index in [2.05, 4.69) is 11.1 Å². The third-order valence-electron chi connectivity index (χ3n) is 2.78. The maximum Gasteiger partial charge on any atom is 0.0441 e. The fourth-order valence-electron chi connectivity index (χ4n) is 1.78. The minimum absolute atomic E-state index is 0.0433. The Labute approximate surface area is 106 Å². The summed E-state index contributed by atoms with van der Waals surface area (Å²) in [6.07, 6.45) is 4.25. The van der Waals surface area contributed by atoms with Gasteiger partial charge in [0, 0.05) is 23.5 Å². The van der Waals surface area contributed by atoms with Gasteiger partial charge in [0.05, 0.1) is 0 Å². The Bertz CT molecular complexity index is 497. The topological polar surface area (TPSA) is 38.9 Å². The molecule has 2 aromatic rings. The van der Waals surface area contributed by atoms with Crippen molar-refractivity contribution in [1.82, 2.24) is 4.98 Å². The second kappa shape index (κ2) is 5.30. The molecule has 0 radical (unpaired) electrons. The maximum atomic E-state index is 6.19. The quantitative estimate of drug-likeness (QED) is 0.903. The highest BCUT2D eigenvalue weighted by Crippen LogP contribution is 2.22. The van der Waals surface area contributed by atoms with Crippen molar-refractivity contribution < 1.29 is 0 Å². The molecule has 0 aliphatic rings. The number of hydrogen-bond donors (Lipinski definition) is 1. The van der Waals surface area contributed by atoms with Gasteiger partial charge in [-0.3, -0.25) is 4.98 Å². The van der Waals surface area contributed by atoms with Gasteiger partial charge < -0.3 is 5.73 Å².